The van der Waals surface area contributed by atoms with Crippen LogP contribution in [0.4, 0.5) is 11.9 Å². The first-order valence-corrected chi connectivity index (χ1v) is 5.78. The normalized spacial score (nSPS) is 10.2. The largest absolute Gasteiger partial charge is 0.357 e. The molecule has 0 saturated heterocycles. The summed E-state index contributed by atoms with van der Waals surface area (Å²) in [5.74, 6) is 1.90. The maximum atomic E-state index is 4.46. The van der Waals surface area contributed by atoms with Crippen molar-refractivity contribution in [3.8, 4) is 11.4 Å². The lowest BCUT2D eigenvalue weighted by atomic mass is 10.1. The molecule has 1 heterocycles. The van der Waals surface area contributed by atoms with Crippen molar-refractivity contribution in [2.45, 2.75) is 6.92 Å². The maximum absolute atomic E-state index is 4.46. The van der Waals surface area contributed by atoms with E-state index in [2.05, 4.69) is 39.3 Å². The van der Waals surface area contributed by atoms with Crippen LogP contribution in [0.2, 0.25) is 0 Å². The molecule has 0 amide bonds. The van der Waals surface area contributed by atoms with Crippen molar-refractivity contribution in [1.82, 2.24) is 15.0 Å². The first-order chi connectivity index (χ1) is 8.60. The van der Waals surface area contributed by atoms with Crippen LogP contribution in [0.1, 0.15) is 5.56 Å². The van der Waals surface area contributed by atoms with Crippen molar-refractivity contribution in [3.63, 3.8) is 0 Å². The number of rotatable bonds is 3. The zero-order chi connectivity index (χ0) is 13.1. The highest BCUT2D eigenvalue weighted by atomic mass is 15.3. The number of aromatic nitrogens is 3. The van der Waals surface area contributed by atoms with Crippen molar-refractivity contribution >= 4 is 11.9 Å². The molecule has 0 aliphatic rings. The zero-order valence-electron chi connectivity index (χ0n) is 11.1. The van der Waals surface area contributed by atoms with Gasteiger partial charge in [-0.1, -0.05) is 23.8 Å². The Kier molecular flexibility index (Phi) is 3.41. The second kappa shape index (κ2) is 5.00. The van der Waals surface area contributed by atoms with Crippen LogP contribution in [-0.2, 0) is 0 Å². The lowest BCUT2D eigenvalue weighted by Gasteiger charge is -2.12. The van der Waals surface area contributed by atoms with Crippen molar-refractivity contribution in [1.29, 1.82) is 0 Å². The number of nitrogens with zero attached hydrogens (tertiary/aromatic N) is 4. The fourth-order valence-electron chi connectivity index (χ4n) is 1.59. The van der Waals surface area contributed by atoms with Gasteiger partial charge in [0.05, 0.1) is 0 Å². The van der Waals surface area contributed by atoms with Crippen molar-refractivity contribution < 1.29 is 0 Å². The molecule has 2 rings (SSSR count). The summed E-state index contributed by atoms with van der Waals surface area (Å²) >= 11 is 0. The molecule has 0 saturated carbocycles. The standard InChI is InChI=1S/C13H17N5/c1-9-6-5-7-10(8-9)11-15-12(14-2)17-13(16-11)18(3)4/h5-8H,1-4H3,(H,14,15,16,17). The van der Waals surface area contributed by atoms with Crippen molar-refractivity contribution in [3.05, 3.63) is 29.8 Å². The van der Waals surface area contributed by atoms with E-state index in [9.17, 15) is 0 Å². The highest BCUT2D eigenvalue weighted by Gasteiger charge is 2.09. The van der Waals surface area contributed by atoms with Gasteiger partial charge in [-0.3, -0.25) is 0 Å². The molecular formula is C13H17N5. The highest BCUT2D eigenvalue weighted by molar-refractivity contribution is 5.59. The Balaban J connectivity index is 2.53. The van der Waals surface area contributed by atoms with E-state index in [1.54, 1.807) is 7.05 Å². The fourth-order valence-corrected chi connectivity index (χ4v) is 1.59. The summed E-state index contributed by atoms with van der Waals surface area (Å²) in [7, 11) is 5.62. The second-order valence-corrected chi connectivity index (χ2v) is 4.30. The third kappa shape index (κ3) is 2.56. The second-order valence-electron chi connectivity index (χ2n) is 4.30. The molecule has 1 N–H and O–H groups in total. The van der Waals surface area contributed by atoms with Crippen LogP contribution in [-0.4, -0.2) is 36.1 Å². The van der Waals surface area contributed by atoms with Crippen LogP contribution >= 0.6 is 0 Å². The minimum absolute atomic E-state index is 0.574. The summed E-state index contributed by atoms with van der Waals surface area (Å²) in [5, 5.41) is 2.96. The quantitative estimate of drug-likeness (QED) is 0.893. The number of aryl methyl sites for hydroxylation is 1. The van der Waals surface area contributed by atoms with Crippen molar-refractivity contribution in [2.24, 2.45) is 0 Å². The SMILES string of the molecule is CNc1nc(-c2cccc(C)c2)nc(N(C)C)n1. The van der Waals surface area contributed by atoms with Crippen LogP contribution in [0.25, 0.3) is 11.4 Å². The summed E-state index contributed by atoms with van der Waals surface area (Å²) < 4.78 is 0. The van der Waals surface area contributed by atoms with E-state index in [-0.39, 0.29) is 0 Å². The average molecular weight is 243 g/mol. The molecule has 0 aliphatic heterocycles. The Morgan fingerprint density at radius 3 is 2.50 bits per heavy atom. The first-order valence-electron chi connectivity index (χ1n) is 5.78. The van der Waals surface area contributed by atoms with Gasteiger partial charge in [0.2, 0.25) is 11.9 Å². The minimum Gasteiger partial charge on any atom is -0.357 e. The fraction of sp³-hybridized carbons (Fsp3) is 0.308. The molecule has 5 nitrogen and oxygen atoms in total. The van der Waals surface area contributed by atoms with Gasteiger partial charge in [-0.2, -0.15) is 15.0 Å². The van der Waals surface area contributed by atoms with Gasteiger partial charge in [-0.25, -0.2) is 0 Å². The molecule has 0 bridgehead atoms. The predicted octanol–water partition coefficient (Wildman–Crippen LogP) is 1.95. The number of hydrogen-bond acceptors (Lipinski definition) is 5. The van der Waals surface area contributed by atoms with Gasteiger partial charge in [0.25, 0.3) is 0 Å². The van der Waals surface area contributed by atoms with Crippen LogP contribution in [0, 0.1) is 6.92 Å². The molecular weight excluding hydrogens is 226 g/mol. The molecule has 18 heavy (non-hydrogen) atoms. The van der Waals surface area contributed by atoms with E-state index in [1.165, 1.54) is 5.56 Å². The van der Waals surface area contributed by atoms with Gasteiger partial charge in [-0.05, 0) is 13.0 Å². The van der Waals surface area contributed by atoms with E-state index < -0.39 is 0 Å². The van der Waals surface area contributed by atoms with Crippen molar-refractivity contribution in [2.75, 3.05) is 31.4 Å². The third-order valence-corrected chi connectivity index (χ3v) is 2.52. The van der Waals surface area contributed by atoms with Gasteiger partial charge in [-0.15, -0.1) is 0 Å². The lowest BCUT2D eigenvalue weighted by molar-refractivity contribution is 0.963. The van der Waals surface area contributed by atoms with Gasteiger partial charge in [0.1, 0.15) is 0 Å². The molecule has 1 aromatic carbocycles. The maximum Gasteiger partial charge on any atom is 0.230 e. The summed E-state index contributed by atoms with van der Waals surface area (Å²) in [6.07, 6.45) is 0. The Morgan fingerprint density at radius 1 is 1.11 bits per heavy atom. The molecule has 0 fully saturated rings. The monoisotopic (exact) mass is 243 g/mol. The molecule has 5 heteroatoms. The first kappa shape index (κ1) is 12.3. The zero-order valence-corrected chi connectivity index (χ0v) is 11.1. The molecule has 2 aromatic rings. The van der Waals surface area contributed by atoms with E-state index >= 15 is 0 Å². The predicted molar refractivity (Wildman–Crippen MR) is 73.9 cm³/mol. The van der Waals surface area contributed by atoms with Crippen LogP contribution < -0.4 is 10.2 Å². The number of benzene rings is 1. The van der Waals surface area contributed by atoms with Crippen LogP contribution in [0.15, 0.2) is 24.3 Å². The van der Waals surface area contributed by atoms with Crippen LogP contribution in [0.3, 0.4) is 0 Å². The summed E-state index contributed by atoms with van der Waals surface area (Å²) in [4.78, 5) is 15.0. The average Bonchev–Trinajstić information content (AvgIpc) is 2.38. The minimum atomic E-state index is 0.574. The Labute approximate surface area is 107 Å². The molecule has 0 atom stereocenters. The molecule has 0 radical (unpaired) electrons. The number of hydrogen-bond donors (Lipinski definition) is 1. The van der Waals surface area contributed by atoms with E-state index in [4.69, 9.17) is 0 Å². The third-order valence-electron chi connectivity index (χ3n) is 2.52. The molecule has 0 unspecified atom stereocenters. The molecule has 0 aliphatic carbocycles. The van der Waals surface area contributed by atoms with Crippen LogP contribution in [0.5, 0.6) is 0 Å². The Hall–Kier alpha value is -2.17. The summed E-state index contributed by atoms with van der Waals surface area (Å²) in [6, 6.07) is 8.12. The Morgan fingerprint density at radius 2 is 1.89 bits per heavy atom. The lowest BCUT2D eigenvalue weighted by Crippen LogP contribution is -2.15. The van der Waals surface area contributed by atoms with E-state index in [0.29, 0.717) is 17.7 Å². The molecule has 1 aromatic heterocycles. The van der Waals surface area contributed by atoms with E-state index in [1.807, 2.05) is 31.1 Å². The highest BCUT2D eigenvalue weighted by Crippen LogP contribution is 2.19. The molecule has 94 valence electrons. The Bertz CT molecular complexity index is 551. The molecule has 0 spiro atoms. The number of anilines is 2. The summed E-state index contributed by atoms with van der Waals surface area (Å²) in [5.41, 5.74) is 2.18. The van der Waals surface area contributed by atoms with Gasteiger partial charge in [0.15, 0.2) is 5.82 Å². The van der Waals surface area contributed by atoms with Gasteiger partial charge < -0.3 is 10.2 Å². The summed E-state index contributed by atoms with van der Waals surface area (Å²) in [6.45, 7) is 2.05. The number of nitrogens with one attached hydrogen (secondary N) is 1. The topological polar surface area (TPSA) is 53.9 Å². The smallest absolute Gasteiger partial charge is 0.230 e. The van der Waals surface area contributed by atoms with Gasteiger partial charge in [0, 0.05) is 26.7 Å². The van der Waals surface area contributed by atoms with E-state index in [0.717, 1.165) is 5.56 Å². The van der Waals surface area contributed by atoms with Gasteiger partial charge >= 0.3 is 0 Å².